The number of hydrogen-bond acceptors (Lipinski definition) is 5. The van der Waals surface area contributed by atoms with Gasteiger partial charge in [-0.3, -0.25) is 9.97 Å². The lowest BCUT2D eigenvalue weighted by atomic mass is 10.2. The Morgan fingerprint density at radius 1 is 1.45 bits per heavy atom. The average molecular weight is 270 g/mol. The molecule has 0 fully saturated rings. The Hall–Kier alpha value is -2.76. The number of nitrogen functional groups attached to an aromatic ring is 1. The van der Waals surface area contributed by atoms with Gasteiger partial charge in [-0.25, -0.2) is 4.79 Å². The van der Waals surface area contributed by atoms with E-state index < -0.39 is 5.76 Å². The van der Waals surface area contributed by atoms with Crippen LogP contribution < -0.4 is 16.4 Å². The zero-order valence-electron chi connectivity index (χ0n) is 11.0. The standard InChI is InChI=1S/C14H14N4O2/c1-18(8-9-3-2-4-16-7-9)12-6-11-13(5-10(12)15)20-14(19)17-11/h2-7H,8,15H2,1H3,(H,17,19). The predicted octanol–water partition coefficient (Wildman–Crippen LogP) is 1.73. The molecule has 2 heterocycles. The monoisotopic (exact) mass is 270 g/mol. The van der Waals surface area contributed by atoms with Crippen LogP contribution in [0.4, 0.5) is 11.4 Å². The molecule has 2 aromatic heterocycles. The molecule has 3 aromatic rings. The maximum atomic E-state index is 11.2. The molecule has 0 aliphatic carbocycles. The fourth-order valence-electron chi connectivity index (χ4n) is 2.18. The van der Waals surface area contributed by atoms with Gasteiger partial charge < -0.3 is 15.1 Å². The van der Waals surface area contributed by atoms with Crippen molar-refractivity contribution >= 4 is 22.5 Å². The first-order valence-corrected chi connectivity index (χ1v) is 6.16. The van der Waals surface area contributed by atoms with E-state index in [2.05, 4.69) is 9.97 Å². The van der Waals surface area contributed by atoms with E-state index in [0.29, 0.717) is 23.3 Å². The summed E-state index contributed by atoms with van der Waals surface area (Å²) in [6.07, 6.45) is 3.55. The van der Waals surface area contributed by atoms with Crippen molar-refractivity contribution in [2.24, 2.45) is 0 Å². The molecule has 0 radical (unpaired) electrons. The van der Waals surface area contributed by atoms with Crippen LogP contribution in [0.2, 0.25) is 0 Å². The van der Waals surface area contributed by atoms with E-state index in [4.69, 9.17) is 10.2 Å². The summed E-state index contributed by atoms with van der Waals surface area (Å²) in [5, 5.41) is 0. The van der Waals surface area contributed by atoms with Gasteiger partial charge >= 0.3 is 5.76 Å². The molecule has 0 aliphatic heterocycles. The van der Waals surface area contributed by atoms with Crippen LogP contribution in [-0.4, -0.2) is 17.0 Å². The van der Waals surface area contributed by atoms with Gasteiger partial charge in [-0.2, -0.15) is 0 Å². The summed E-state index contributed by atoms with van der Waals surface area (Å²) in [7, 11) is 1.93. The van der Waals surface area contributed by atoms with E-state index in [0.717, 1.165) is 11.3 Å². The van der Waals surface area contributed by atoms with Crippen molar-refractivity contribution < 1.29 is 4.42 Å². The molecule has 20 heavy (non-hydrogen) atoms. The van der Waals surface area contributed by atoms with Crippen molar-refractivity contribution in [2.75, 3.05) is 17.7 Å². The first-order valence-electron chi connectivity index (χ1n) is 6.16. The van der Waals surface area contributed by atoms with Gasteiger partial charge in [-0.15, -0.1) is 0 Å². The molecule has 0 saturated carbocycles. The van der Waals surface area contributed by atoms with E-state index in [1.807, 2.05) is 36.3 Å². The van der Waals surface area contributed by atoms with Crippen molar-refractivity contribution in [3.8, 4) is 0 Å². The Kier molecular flexibility index (Phi) is 2.90. The molecule has 0 unspecified atom stereocenters. The second-order valence-corrected chi connectivity index (χ2v) is 4.64. The van der Waals surface area contributed by atoms with Crippen molar-refractivity contribution in [1.82, 2.24) is 9.97 Å². The molecule has 3 rings (SSSR count). The molecule has 102 valence electrons. The van der Waals surface area contributed by atoms with E-state index in [9.17, 15) is 4.79 Å². The van der Waals surface area contributed by atoms with Gasteiger partial charge in [-0.05, 0) is 17.7 Å². The second-order valence-electron chi connectivity index (χ2n) is 4.64. The van der Waals surface area contributed by atoms with Gasteiger partial charge in [0.05, 0.1) is 16.9 Å². The number of nitrogens with one attached hydrogen (secondary N) is 1. The minimum absolute atomic E-state index is 0.464. The minimum Gasteiger partial charge on any atom is -0.408 e. The Bertz CT molecular complexity index is 792. The number of nitrogens with two attached hydrogens (primary N) is 1. The van der Waals surface area contributed by atoms with Crippen LogP contribution in [-0.2, 0) is 6.54 Å². The van der Waals surface area contributed by atoms with Crippen molar-refractivity contribution in [3.05, 3.63) is 52.8 Å². The summed E-state index contributed by atoms with van der Waals surface area (Å²) in [5.74, 6) is -0.480. The fourth-order valence-corrected chi connectivity index (χ4v) is 2.18. The van der Waals surface area contributed by atoms with Crippen LogP contribution >= 0.6 is 0 Å². The largest absolute Gasteiger partial charge is 0.417 e. The van der Waals surface area contributed by atoms with Gasteiger partial charge in [0.15, 0.2) is 5.58 Å². The quantitative estimate of drug-likeness (QED) is 0.708. The number of oxazole rings is 1. The van der Waals surface area contributed by atoms with Crippen LogP contribution in [0.15, 0.2) is 45.9 Å². The summed E-state index contributed by atoms with van der Waals surface area (Å²) in [5.41, 5.74) is 9.59. The molecule has 6 heteroatoms. The van der Waals surface area contributed by atoms with Crippen molar-refractivity contribution in [3.63, 3.8) is 0 Å². The van der Waals surface area contributed by atoms with E-state index in [1.165, 1.54) is 0 Å². The number of nitrogens with zero attached hydrogens (tertiary/aromatic N) is 2. The lowest BCUT2D eigenvalue weighted by Gasteiger charge is -2.20. The highest BCUT2D eigenvalue weighted by atomic mass is 16.4. The van der Waals surface area contributed by atoms with Gasteiger partial charge in [0.1, 0.15) is 0 Å². The predicted molar refractivity (Wildman–Crippen MR) is 77.6 cm³/mol. The third-order valence-corrected chi connectivity index (χ3v) is 3.12. The normalized spacial score (nSPS) is 10.8. The second kappa shape index (κ2) is 4.73. The molecule has 6 nitrogen and oxygen atoms in total. The molecule has 0 bridgehead atoms. The average Bonchev–Trinajstić information content (AvgIpc) is 2.78. The first-order chi connectivity index (χ1) is 9.63. The highest BCUT2D eigenvalue weighted by molar-refractivity contribution is 5.85. The number of hydrogen-bond donors (Lipinski definition) is 2. The lowest BCUT2D eigenvalue weighted by Crippen LogP contribution is -2.17. The van der Waals surface area contributed by atoms with Crippen LogP contribution in [0.25, 0.3) is 11.1 Å². The Balaban J connectivity index is 1.96. The molecule has 0 spiro atoms. The smallest absolute Gasteiger partial charge is 0.408 e. The van der Waals surface area contributed by atoms with E-state index in [1.54, 1.807) is 12.3 Å². The number of aromatic amines is 1. The Labute approximate surface area is 114 Å². The lowest BCUT2D eigenvalue weighted by molar-refractivity contribution is 0.555. The topological polar surface area (TPSA) is 88.2 Å². The third kappa shape index (κ3) is 2.23. The summed E-state index contributed by atoms with van der Waals surface area (Å²) < 4.78 is 4.98. The minimum atomic E-state index is -0.480. The maximum Gasteiger partial charge on any atom is 0.417 e. The number of pyridine rings is 1. The number of fused-ring (bicyclic) bond motifs is 1. The molecule has 1 aromatic carbocycles. The maximum absolute atomic E-state index is 11.2. The number of rotatable bonds is 3. The van der Waals surface area contributed by atoms with Crippen molar-refractivity contribution in [2.45, 2.75) is 6.54 Å². The molecule has 3 N–H and O–H groups in total. The summed E-state index contributed by atoms with van der Waals surface area (Å²) >= 11 is 0. The van der Waals surface area contributed by atoms with Crippen molar-refractivity contribution in [1.29, 1.82) is 0 Å². The molecular formula is C14H14N4O2. The fraction of sp³-hybridized carbons (Fsp3) is 0.143. The van der Waals surface area contributed by atoms with E-state index >= 15 is 0 Å². The van der Waals surface area contributed by atoms with E-state index in [-0.39, 0.29) is 0 Å². The van der Waals surface area contributed by atoms with Gasteiger partial charge in [0.2, 0.25) is 0 Å². The highest BCUT2D eigenvalue weighted by Crippen LogP contribution is 2.28. The Morgan fingerprint density at radius 2 is 2.30 bits per heavy atom. The number of benzene rings is 1. The first kappa shape index (κ1) is 12.3. The molecule has 0 saturated heterocycles. The van der Waals surface area contributed by atoms with Crippen LogP contribution in [0.3, 0.4) is 0 Å². The number of aromatic nitrogens is 2. The van der Waals surface area contributed by atoms with Crippen LogP contribution in [0, 0.1) is 0 Å². The van der Waals surface area contributed by atoms with Gasteiger partial charge in [-0.1, -0.05) is 6.07 Å². The Morgan fingerprint density at radius 3 is 3.05 bits per heavy atom. The van der Waals surface area contributed by atoms with Gasteiger partial charge in [0.25, 0.3) is 0 Å². The molecule has 0 atom stereocenters. The van der Waals surface area contributed by atoms with Crippen LogP contribution in [0.5, 0.6) is 0 Å². The number of anilines is 2. The zero-order chi connectivity index (χ0) is 14.1. The summed E-state index contributed by atoms with van der Waals surface area (Å²) in [6, 6.07) is 7.36. The summed E-state index contributed by atoms with van der Waals surface area (Å²) in [4.78, 5) is 19.9. The third-order valence-electron chi connectivity index (χ3n) is 3.12. The molecular weight excluding hydrogens is 256 g/mol. The highest BCUT2D eigenvalue weighted by Gasteiger charge is 2.10. The number of H-pyrrole nitrogens is 1. The van der Waals surface area contributed by atoms with Gasteiger partial charge in [0, 0.05) is 32.1 Å². The zero-order valence-corrected chi connectivity index (χ0v) is 11.0. The van der Waals surface area contributed by atoms with Crippen LogP contribution in [0.1, 0.15) is 5.56 Å². The SMILES string of the molecule is CN(Cc1cccnc1)c1cc2[nH]c(=O)oc2cc1N. The summed E-state index contributed by atoms with van der Waals surface area (Å²) in [6.45, 7) is 0.672. The molecule has 0 amide bonds. The molecule has 0 aliphatic rings.